The van der Waals surface area contributed by atoms with Gasteiger partial charge in [0.05, 0.1) is 5.92 Å². The fourth-order valence-electron chi connectivity index (χ4n) is 1.79. The Balaban J connectivity index is 0.00000128. The lowest BCUT2D eigenvalue weighted by Crippen LogP contribution is -2.37. The number of aryl methyl sites for hydroxylation is 1. The highest BCUT2D eigenvalue weighted by Gasteiger charge is 2.21. The highest BCUT2D eigenvalue weighted by atomic mass is 35.5. The Kier molecular flexibility index (Phi) is 4.76. The fraction of sp³-hybridized carbons (Fsp3) is 0.600. The lowest BCUT2D eigenvalue weighted by molar-refractivity contribution is -0.120. The van der Waals surface area contributed by atoms with Crippen LogP contribution >= 0.6 is 12.4 Å². The predicted molar refractivity (Wildman–Crippen MR) is 64.7 cm³/mol. The second-order valence-electron chi connectivity index (χ2n) is 3.91. The van der Waals surface area contributed by atoms with E-state index in [-0.39, 0.29) is 24.2 Å². The van der Waals surface area contributed by atoms with E-state index in [4.69, 9.17) is 0 Å². The van der Waals surface area contributed by atoms with Gasteiger partial charge >= 0.3 is 0 Å². The Morgan fingerprint density at radius 3 is 3.06 bits per heavy atom. The maximum absolute atomic E-state index is 11.8. The van der Waals surface area contributed by atoms with Crippen molar-refractivity contribution in [2.45, 2.75) is 12.8 Å². The molecule has 1 aromatic heterocycles. The smallest absolute Gasteiger partial charge is 0.229 e. The van der Waals surface area contributed by atoms with Crippen LogP contribution < -0.4 is 10.6 Å². The number of anilines is 1. The van der Waals surface area contributed by atoms with Crippen molar-refractivity contribution < 1.29 is 4.79 Å². The van der Waals surface area contributed by atoms with Crippen LogP contribution in [-0.4, -0.2) is 28.8 Å². The molecule has 1 aromatic rings. The third-order valence-corrected chi connectivity index (χ3v) is 2.63. The Hall–Kier alpha value is -1.07. The zero-order chi connectivity index (χ0) is 10.7. The van der Waals surface area contributed by atoms with Gasteiger partial charge in [0.25, 0.3) is 0 Å². The van der Waals surface area contributed by atoms with Gasteiger partial charge in [-0.1, -0.05) is 0 Å². The average Bonchev–Trinajstić information content (AvgIpc) is 2.65. The van der Waals surface area contributed by atoms with E-state index in [9.17, 15) is 4.79 Å². The molecule has 16 heavy (non-hydrogen) atoms. The van der Waals surface area contributed by atoms with Gasteiger partial charge in [-0.25, -0.2) is 0 Å². The molecule has 1 saturated heterocycles. The Bertz CT molecular complexity index is 346. The van der Waals surface area contributed by atoms with E-state index in [1.54, 1.807) is 10.7 Å². The number of nitrogens with zero attached hydrogens (tertiary/aromatic N) is 2. The molecule has 90 valence electrons. The van der Waals surface area contributed by atoms with Crippen molar-refractivity contribution in [3.8, 4) is 0 Å². The lowest BCUT2D eigenvalue weighted by atomic mass is 9.99. The first-order valence-electron chi connectivity index (χ1n) is 5.27. The average molecular weight is 245 g/mol. The van der Waals surface area contributed by atoms with Crippen molar-refractivity contribution in [3.63, 3.8) is 0 Å². The van der Waals surface area contributed by atoms with Crippen molar-refractivity contribution in [2.24, 2.45) is 13.0 Å². The van der Waals surface area contributed by atoms with E-state index >= 15 is 0 Å². The number of piperidine rings is 1. The summed E-state index contributed by atoms with van der Waals surface area (Å²) in [5, 5.41) is 10.2. The monoisotopic (exact) mass is 244 g/mol. The summed E-state index contributed by atoms with van der Waals surface area (Å²) in [6, 6.07) is 1.80. The van der Waals surface area contributed by atoms with Gasteiger partial charge in [0.2, 0.25) is 5.91 Å². The number of rotatable bonds is 2. The molecule has 1 fully saturated rings. The zero-order valence-electron chi connectivity index (χ0n) is 9.27. The largest absolute Gasteiger partial charge is 0.316 e. The summed E-state index contributed by atoms with van der Waals surface area (Å²) in [5.41, 5.74) is 0. The zero-order valence-corrected chi connectivity index (χ0v) is 10.1. The Morgan fingerprint density at radius 2 is 2.50 bits per heavy atom. The summed E-state index contributed by atoms with van der Waals surface area (Å²) in [5.74, 6) is 0.787. The lowest BCUT2D eigenvalue weighted by Gasteiger charge is -2.21. The summed E-state index contributed by atoms with van der Waals surface area (Å²) in [6.07, 6.45) is 3.85. The molecule has 1 aliphatic rings. The second-order valence-corrected chi connectivity index (χ2v) is 3.91. The van der Waals surface area contributed by atoms with Crippen LogP contribution in [0.5, 0.6) is 0 Å². The molecular weight excluding hydrogens is 228 g/mol. The minimum Gasteiger partial charge on any atom is -0.316 e. The van der Waals surface area contributed by atoms with E-state index in [0.29, 0.717) is 5.82 Å². The van der Waals surface area contributed by atoms with Gasteiger partial charge in [0.1, 0.15) is 0 Å². The van der Waals surface area contributed by atoms with Gasteiger partial charge in [-0.05, 0) is 19.4 Å². The topological polar surface area (TPSA) is 59.0 Å². The van der Waals surface area contributed by atoms with Gasteiger partial charge in [-0.2, -0.15) is 5.10 Å². The van der Waals surface area contributed by atoms with Crippen LogP contribution in [0.2, 0.25) is 0 Å². The van der Waals surface area contributed by atoms with E-state index in [1.165, 1.54) is 0 Å². The maximum Gasteiger partial charge on any atom is 0.229 e. The summed E-state index contributed by atoms with van der Waals surface area (Å²) in [4.78, 5) is 11.8. The van der Waals surface area contributed by atoms with Crippen molar-refractivity contribution in [1.82, 2.24) is 15.1 Å². The minimum absolute atomic E-state index is 0. The Labute approximate surface area is 101 Å². The van der Waals surface area contributed by atoms with Crippen LogP contribution in [0, 0.1) is 5.92 Å². The van der Waals surface area contributed by atoms with Gasteiger partial charge in [0, 0.05) is 25.9 Å². The minimum atomic E-state index is 0. The maximum atomic E-state index is 11.8. The summed E-state index contributed by atoms with van der Waals surface area (Å²) < 4.78 is 1.68. The van der Waals surface area contributed by atoms with Gasteiger partial charge in [-0.3, -0.25) is 9.48 Å². The van der Waals surface area contributed by atoms with E-state index in [0.717, 1.165) is 25.9 Å². The fourth-order valence-corrected chi connectivity index (χ4v) is 1.79. The molecule has 2 rings (SSSR count). The van der Waals surface area contributed by atoms with E-state index < -0.39 is 0 Å². The van der Waals surface area contributed by atoms with Crippen molar-refractivity contribution in [1.29, 1.82) is 0 Å². The quantitative estimate of drug-likeness (QED) is 0.809. The number of hydrogen-bond acceptors (Lipinski definition) is 3. The molecule has 2 heterocycles. The molecule has 1 amide bonds. The van der Waals surface area contributed by atoms with Crippen LogP contribution in [-0.2, 0) is 11.8 Å². The third-order valence-electron chi connectivity index (χ3n) is 2.63. The van der Waals surface area contributed by atoms with Crippen molar-refractivity contribution in [3.05, 3.63) is 12.3 Å². The molecule has 0 saturated carbocycles. The van der Waals surface area contributed by atoms with E-state index in [1.807, 2.05) is 13.2 Å². The first kappa shape index (κ1) is 13.0. The van der Waals surface area contributed by atoms with Crippen molar-refractivity contribution >= 4 is 24.1 Å². The van der Waals surface area contributed by atoms with Crippen LogP contribution in [0.15, 0.2) is 12.3 Å². The second kappa shape index (κ2) is 5.86. The summed E-state index contributed by atoms with van der Waals surface area (Å²) in [6.45, 7) is 1.80. The summed E-state index contributed by atoms with van der Waals surface area (Å²) in [7, 11) is 1.83. The molecule has 1 aliphatic heterocycles. The molecule has 1 atom stereocenters. The molecule has 0 radical (unpaired) electrons. The Morgan fingerprint density at radius 1 is 1.69 bits per heavy atom. The summed E-state index contributed by atoms with van der Waals surface area (Å²) >= 11 is 0. The number of carbonyl (C=O) groups is 1. The molecule has 2 N–H and O–H groups in total. The molecule has 0 spiro atoms. The molecule has 0 bridgehead atoms. The highest BCUT2D eigenvalue weighted by Crippen LogP contribution is 2.12. The van der Waals surface area contributed by atoms with E-state index in [2.05, 4.69) is 15.7 Å². The molecular formula is C10H17ClN4O. The van der Waals surface area contributed by atoms with Gasteiger partial charge < -0.3 is 10.6 Å². The van der Waals surface area contributed by atoms with Crippen LogP contribution in [0.25, 0.3) is 0 Å². The SMILES string of the molecule is Cl.Cn1ccc(NC(=O)[C@@H]2CCCNC2)n1. The number of carbonyl (C=O) groups excluding carboxylic acids is 1. The van der Waals surface area contributed by atoms with Crippen molar-refractivity contribution in [2.75, 3.05) is 18.4 Å². The normalized spacial score (nSPS) is 19.9. The standard InChI is InChI=1S/C10H16N4O.ClH/c1-14-6-4-9(13-14)12-10(15)8-3-2-5-11-7-8;/h4,6,8,11H,2-3,5,7H2,1H3,(H,12,13,15);1H/t8-;/m1./s1. The molecule has 5 nitrogen and oxygen atoms in total. The number of hydrogen-bond donors (Lipinski definition) is 2. The number of amides is 1. The molecule has 6 heteroatoms. The number of aromatic nitrogens is 2. The number of halogens is 1. The molecule has 0 unspecified atom stereocenters. The first-order chi connectivity index (χ1) is 7.25. The van der Waals surface area contributed by atoms with Crippen LogP contribution in [0.1, 0.15) is 12.8 Å². The molecule has 0 aromatic carbocycles. The first-order valence-corrected chi connectivity index (χ1v) is 5.27. The van der Waals surface area contributed by atoms with Gasteiger partial charge in [-0.15, -0.1) is 12.4 Å². The third kappa shape index (κ3) is 3.21. The van der Waals surface area contributed by atoms with Crippen LogP contribution in [0.4, 0.5) is 5.82 Å². The molecule has 0 aliphatic carbocycles. The predicted octanol–water partition coefficient (Wildman–Crippen LogP) is 0.780. The van der Waals surface area contributed by atoms with Gasteiger partial charge in [0.15, 0.2) is 5.82 Å². The highest BCUT2D eigenvalue weighted by molar-refractivity contribution is 5.91. The number of nitrogens with one attached hydrogen (secondary N) is 2. The van der Waals surface area contributed by atoms with Crippen LogP contribution in [0.3, 0.4) is 0 Å².